The predicted molar refractivity (Wildman–Crippen MR) is 76.4 cm³/mol. The van der Waals surface area contributed by atoms with Gasteiger partial charge in [-0.1, -0.05) is 11.6 Å². The van der Waals surface area contributed by atoms with E-state index in [1.807, 2.05) is 24.3 Å². The Morgan fingerprint density at radius 3 is 3.00 bits per heavy atom. The number of pyridine rings is 1. The van der Waals surface area contributed by atoms with Gasteiger partial charge in [-0.25, -0.2) is 0 Å². The van der Waals surface area contributed by atoms with E-state index in [0.29, 0.717) is 0 Å². The number of aromatic nitrogens is 1. The first kappa shape index (κ1) is 13.1. The molecule has 18 heavy (non-hydrogen) atoms. The Labute approximate surface area is 112 Å². The summed E-state index contributed by atoms with van der Waals surface area (Å²) in [5.74, 6) is 0. The van der Waals surface area contributed by atoms with Crippen LogP contribution in [0.2, 0.25) is 5.02 Å². The number of benzene rings is 1. The normalized spacial score (nSPS) is 10.8. The monoisotopic (exact) mass is 264 g/mol. The first-order valence-electron chi connectivity index (χ1n) is 6.09. The van der Waals surface area contributed by atoms with Crippen molar-refractivity contribution in [3.05, 3.63) is 35.5 Å². The fraction of sp³-hybridized carbons (Fsp3) is 0.357. The Bertz CT molecular complexity index is 516. The van der Waals surface area contributed by atoms with Gasteiger partial charge in [0.1, 0.15) is 0 Å². The van der Waals surface area contributed by atoms with Crippen molar-refractivity contribution in [2.45, 2.75) is 12.8 Å². The van der Waals surface area contributed by atoms with Crippen molar-refractivity contribution in [1.29, 1.82) is 0 Å². The summed E-state index contributed by atoms with van der Waals surface area (Å²) in [7, 11) is 1.73. The maximum absolute atomic E-state index is 6.15. The fourth-order valence-electron chi connectivity index (χ4n) is 1.87. The van der Waals surface area contributed by atoms with Gasteiger partial charge in [-0.3, -0.25) is 4.98 Å². The van der Waals surface area contributed by atoms with E-state index in [-0.39, 0.29) is 0 Å². The Morgan fingerprint density at radius 2 is 2.17 bits per heavy atom. The van der Waals surface area contributed by atoms with Crippen LogP contribution in [-0.2, 0) is 4.74 Å². The lowest BCUT2D eigenvalue weighted by molar-refractivity contribution is 0.194. The van der Waals surface area contributed by atoms with Gasteiger partial charge in [0.25, 0.3) is 0 Å². The molecule has 0 unspecified atom stereocenters. The lowest BCUT2D eigenvalue weighted by Gasteiger charge is -2.09. The van der Waals surface area contributed by atoms with Crippen LogP contribution in [0.1, 0.15) is 12.8 Å². The molecular weight excluding hydrogens is 248 g/mol. The van der Waals surface area contributed by atoms with Crippen molar-refractivity contribution in [3.63, 3.8) is 0 Å². The minimum Gasteiger partial charge on any atom is -0.385 e. The van der Waals surface area contributed by atoms with Gasteiger partial charge in [0.2, 0.25) is 0 Å². The van der Waals surface area contributed by atoms with Crippen molar-refractivity contribution < 1.29 is 4.74 Å². The van der Waals surface area contributed by atoms with Crippen LogP contribution in [0.25, 0.3) is 10.9 Å². The van der Waals surface area contributed by atoms with Crippen molar-refractivity contribution in [2.75, 3.05) is 25.6 Å². The number of hydrogen-bond donors (Lipinski definition) is 1. The third kappa shape index (κ3) is 3.12. The zero-order valence-electron chi connectivity index (χ0n) is 10.4. The van der Waals surface area contributed by atoms with Crippen LogP contribution in [0.5, 0.6) is 0 Å². The molecule has 1 aromatic heterocycles. The summed E-state index contributed by atoms with van der Waals surface area (Å²) < 4.78 is 5.02. The maximum Gasteiger partial charge on any atom is 0.0948 e. The van der Waals surface area contributed by atoms with Gasteiger partial charge in [-0.15, -0.1) is 0 Å². The number of fused-ring (bicyclic) bond motifs is 1. The van der Waals surface area contributed by atoms with Gasteiger partial charge in [-0.2, -0.15) is 0 Å². The summed E-state index contributed by atoms with van der Waals surface area (Å²) in [5, 5.41) is 5.12. The summed E-state index contributed by atoms with van der Waals surface area (Å²) in [6.45, 7) is 1.72. The van der Waals surface area contributed by atoms with E-state index in [1.165, 1.54) is 0 Å². The molecule has 0 radical (unpaired) electrons. The number of nitrogens with one attached hydrogen (secondary N) is 1. The van der Waals surface area contributed by atoms with Crippen LogP contribution in [0.15, 0.2) is 30.5 Å². The molecule has 1 aromatic carbocycles. The molecule has 2 aromatic rings. The zero-order chi connectivity index (χ0) is 12.8. The number of halogens is 1. The minimum absolute atomic E-state index is 0.739. The molecule has 1 heterocycles. The number of rotatable bonds is 6. The summed E-state index contributed by atoms with van der Waals surface area (Å²) in [6, 6.07) is 7.77. The van der Waals surface area contributed by atoms with E-state index in [1.54, 1.807) is 13.3 Å². The molecule has 0 aliphatic heterocycles. The highest BCUT2D eigenvalue weighted by molar-refractivity contribution is 6.35. The van der Waals surface area contributed by atoms with Gasteiger partial charge < -0.3 is 10.1 Å². The van der Waals surface area contributed by atoms with E-state index in [0.717, 1.165) is 47.6 Å². The van der Waals surface area contributed by atoms with E-state index in [9.17, 15) is 0 Å². The molecule has 4 heteroatoms. The van der Waals surface area contributed by atoms with E-state index in [2.05, 4.69) is 10.3 Å². The number of unbranched alkanes of at least 4 members (excludes halogenated alkanes) is 1. The summed E-state index contributed by atoms with van der Waals surface area (Å²) in [5.41, 5.74) is 1.96. The van der Waals surface area contributed by atoms with Crippen molar-refractivity contribution in [2.24, 2.45) is 0 Å². The highest BCUT2D eigenvalue weighted by Gasteiger charge is 2.04. The molecule has 96 valence electrons. The lowest BCUT2D eigenvalue weighted by atomic mass is 10.2. The molecule has 0 bridgehead atoms. The van der Waals surface area contributed by atoms with Gasteiger partial charge in [0.05, 0.1) is 16.2 Å². The molecular formula is C14H17ClN2O. The number of hydrogen-bond acceptors (Lipinski definition) is 3. The van der Waals surface area contributed by atoms with E-state index in [4.69, 9.17) is 16.3 Å². The van der Waals surface area contributed by atoms with Crippen LogP contribution >= 0.6 is 11.6 Å². The van der Waals surface area contributed by atoms with Gasteiger partial charge in [-0.05, 0) is 37.1 Å². The van der Waals surface area contributed by atoms with E-state index >= 15 is 0 Å². The largest absolute Gasteiger partial charge is 0.385 e. The van der Waals surface area contributed by atoms with Crippen molar-refractivity contribution >= 4 is 28.2 Å². The van der Waals surface area contributed by atoms with Crippen LogP contribution in [-0.4, -0.2) is 25.2 Å². The molecule has 0 fully saturated rings. The summed E-state index contributed by atoms with van der Waals surface area (Å²) in [4.78, 5) is 4.39. The Kier molecular flexibility index (Phi) is 4.79. The molecule has 0 aliphatic rings. The highest BCUT2D eigenvalue weighted by Crippen LogP contribution is 2.27. The predicted octanol–water partition coefficient (Wildman–Crippen LogP) is 3.73. The smallest absolute Gasteiger partial charge is 0.0948 e. The molecule has 0 saturated carbocycles. The molecule has 0 atom stereocenters. The van der Waals surface area contributed by atoms with Crippen LogP contribution < -0.4 is 5.32 Å². The van der Waals surface area contributed by atoms with Crippen LogP contribution in [0.3, 0.4) is 0 Å². The summed E-state index contributed by atoms with van der Waals surface area (Å²) in [6.07, 6.45) is 3.92. The third-order valence-corrected chi connectivity index (χ3v) is 3.14. The molecule has 2 rings (SSSR count). The molecule has 0 saturated heterocycles. The lowest BCUT2D eigenvalue weighted by Crippen LogP contribution is -2.04. The number of methoxy groups -OCH3 is 1. The van der Waals surface area contributed by atoms with Crippen molar-refractivity contribution in [1.82, 2.24) is 4.98 Å². The van der Waals surface area contributed by atoms with Gasteiger partial charge in [0, 0.05) is 31.8 Å². The van der Waals surface area contributed by atoms with E-state index < -0.39 is 0 Å². The average molecular weight is 265 g/mol. The second-order valence-corrected chi connectivity index (χ2v) is 4.53. The SMILES string of the molecule is COCCCCNc1ccc(Cl)c2cccnc12. The van der Waals surface area contributed by atoms with Crippen molar-refractivity contribution in [3.8, 4) is 0 Å². The van der Waals surface area contributed by atoms with Gasteiger partial charge in [0.15, 0.2) is 0 Å². The number of nitrogens with zero attached hydrogens (tertiary/aromatic N) is 1. The Morgan fingerprint density at radius 1 is 1.28 bits per heavy atom. The topological polar surface area (TPSA) is 34.1 Å². The highest BCUT2D eigenvalue weighted by atomic mass is 35.5. The fourth-order valence-corrected chi connectivity index (χ4v) is 2.09. The van der Waals surface area contributed by atoms with Gasteiger partial charge >= 0.3 is 0 Å². The minimum atomic E-state index is 0.739. The van der Waals surface area contributed by atoms with Crippen LogP contribution in [0.4, 0.5) is 5.69 Å². The molecule has 0 amide bonds. The second kappa shape index (κ2) is 6.57. The summed E-state index contributed by atoms with van der Waals surface area (Å²) >= 11 is 6.15. The second-order valence-electron chi connectivity index (χ2n) is 4.12. The molecule has 0 spiro atoms. The first-order valence-corrected chi connectivity index (χ1v) is 6.47. The number of ether oxygens (including phenoxy) is 1. The zero-order valence-corrected chi connectivity index (χ0v) is 11.2. The van der Waals surface area contributed by atoms with Crippen LogP contribution in [0, 0.1) is 0 Å². The molecule has 3 nitrogen and oxygen atoms in total. The quantitative estimate of drug-likeness (QED) is 0.808. The molecule has 0 aliphatic carbocycles. The first-order chi connectivity index (χ1) is 8.83. The average Bonchev–Trinajstić information content (AvgIpc) is 2.41. The standard InChI is InChI=1S/C14H17ClN2O/c1-18-10-3-2-8-16-13-7-6-12(15)11-5-4-9-17-14(11)13/h4-7,9,16H,2-3,8,10H2,1H3. The Hall–Kier alpha value is -1.32. The number of anilines is 1. The maximum atomic E-state index is 6.15. The molecule has 1 N–H and O–H groups in total. The Balaban J connectivity index is 2.07. The third-order valence-electron chi connectivity index (χ3n) is 2.81.